The highest BCUT2D eigenvalue weighted by molar-refractivity contribution is 5.78. The Morgan fingerprint density at radius 2 is 2.17 bits per heavy atom. The van der Waals surface area contributed by atoms with Gasteiger partial charge in [-0.3, -0.25) is 0 Å². The number of rotatable bonds is 4. The molecule has 2 heterocycles. The molecule has 2 N–H and O–H groups in total. The van der Waals surface area contributed by atoms with Crippen LogP contribution in [0.2, 0.25) is 0 Å². The molecule has 3 rings (SSSR count). The SMILES string of the molecule is CNc1cc2c(cn1)nc([C@@H](C)O)n2[C@H]1CC[C@@H](CC#N)CC1. The van der Waals surface area contributed by atoms with E-state index in [1.165, 1.54) is 0 Å². The van der Waals surface area contributed by atoms with Crippen molar-refractivity contribution in [3.8, 4) is 6.07 Å². The van der Waals surface area contributed by atoms with Crippen LogP contribution in [0.3, 0.4) is 0 Å². The van der Waals surface area contributed by atoms with Crippen LogP contribution in [-0.4, -0.2) is 26.7 Å². The van der Waals surface area contributed by atoms with Crippen molar-refractivity contribution >= 4 is 16.9 Å². The molecule has 6 heteroatoms. The van der Waals surface area contributed by atoms with E-state index in [4.69, 9.17) is 5.26 Å². The minimum absolute atomic E-state index is 0.326. The topological polar surface area (TPSA) is 86.8 Å². The van der Waals surface area contributed by atoms with Crippen molar-refractivity contribution in [3.05, 3.63) is 18.1 Å². The fraction of sp³-hybridized carbons (Fsp3) is 0.588. The fourth-order valence-electron chi connectivity index (χ4n) is 3.57. The molecule has 1 fully saturated rings. The molecule has 1 aliphatic carbocycles. The Bertz CT molecular complexity index is 722. The molecule has 23 heavy (non-hydrogen) atoms. The van der Waals surface area contributed by atoms with Gasteiger partial charge < -0.3 is 15.0 Å². The van der Waals surface area contributed by atoms with E-state index in [1.54, 1.807) is 13.1 Å². The first kappa shape index (κ1) is 15.8. The molecule has 1 aliphatic rings. The number of aromatic nitrogens is 3. The van der Waals surface area contributed by atoms with Gasteiger partial charge in [-0.15, -0.1) is 0 Å². The van der Waals surface area contributed by atoms with E-state index in [2.05, 4.69) is 25.9 Å². The van der Waals surface area contributed by atoms with Gasteiger partial charge in [0.15, 0.2) is 0 Å². The molecule has 0 saturated heterocycles. The second-order valence-corrected chi connectivity index (χ2v) is 6.36. The average Bonchev–Trinajstić information content (AvgIpc) is 2.94. The number of hydrogen-bond donors (Lipinski definition) is 2. The first-order chi connectivity index (χ1) is 11.1. The van der Waals surface area contributed by atoms with E-state index < -0.39 is 6.10 Å². The number of nitrogens with one attached hydrogen (secondary N) is 1. The molecule has 2 aromatic heterocycles. The highest BCUT2D eigenvalue weighted by Gasteiger charge is 2.27. The predicted octanol–water partition coefficient (Wildman–Crippen LogP) is 3.17. The van der Waals surface area contributed by atoms with E-state index in [1.807, 2.05) is 13.1 Å². The zero-order valence-electron chi connectivity index (χ0n) is 13.7. The summed E-state index contributed by atoms with van der Waals surface area (Å²) in [5.74, 6) is 2.02. The molecule has 6 nitrogen and oxygen atoms in total. The van der Waals surface area contributed by atoms with Crippen LogP contribution in [0.4, 0.5) is 5.82 Å². The molecule has 0 amide bonds. The maximum absolute atomic E-state index is 10.1. The molecule has 1 saturated carbocycles. The van der Waals surface area contributed by atoms with Crippen molar-refractivity contribution in [3.63, 3.8) is 0 Å². The second-order valence-electron chi connectivity index (χ2n) is 6.36. The van der Waals surface area contributed by atoms with E-state index >= 15 is 0 Å². The average molecular weight is 313 g/mol. The number of fused-ring (bicyclic) bond motifs is 1. The molecule has 0 spiro atoms. The minimum Gasteiger partial charge on any atom is -0.385 e. The number of aliphatic hydroxyl groups is 1. The van der Waals surface area contributed by atoms with Gasteiger partial charge in [-0.1, -0.05) is 0 Å². The standard InChI is InChI=1S/C17H23N5O/c1-11(23)17-21-14-10-20-16(19-2)9-15(14)22(17)13-5-3-12(4-6-13)7-8-18/h9-13,23H,3-7H2,1-2H3,(H,19,20)/t11-,12-,13+/m1/s1. The van der Waals surface area contributed by atoms with Crippen LogP contribution in [0, 0.1) is 17.2 Å². The fourth-order valence-corrected chi connectivity index (χ4v) is 3.57. The van der Waals surface area contributed by atoms with Crippen molar-refractivity contribution in [1.82, 2.24) is 14.5 Å². The maximum Gasteiger partial charge on any atom is 0.138 e. The van der Waals surface area contributed by atoms with Crippen molar-refractivity contribution in [2.75, 3.05) is 12.4 Å². The second kappa shape index (κ2) is 6.55. The van der Waals surface area contributed by atoms with Crippen molar-refractivity contribution < 1.29 is 5.11 Å². The van der Waals surface area contributed by atoms with Gasteiger partial charge in [-0.2, -0.15) is 5.26 Å². The smallest absolute Gasteiger partial charge is 0.138 e. The number of nitrogens with zero attached hydrogens (tertiary/aromatic N) is 4. The van der Waals surface area contributed by atoms with Crippen LogP contribution in [0.5, 0.6) is 0 Å². The van der Waals surface area contributed by atoms with Gasteiger partial charge in [-0.05, 0) is 38.5 Å². The van der Waals surface area contributed by atoms with E-state index in [9.17, 15) is 5.11 Å². The number of pyridine rings is 1. The maximum atomic E-state index is 10.1. The lowest BCUT2D eigenvalue weighted by atomic mass is 9.84. The number of hydrogen-bond acceptors (Lipinski definition) is 5. The summed E-state index contributed by atoms with van der Waals surface area (Å²) in [7, 11) is 1.84. The molecule has 0 bridgehead atoms. The highest BCUT2D eigenvalue weighted by Crippen LogP contribution is 2.37. The molecule has 0 unspecified atom stereocenters. The Morgan fingerprint density at radius 3 is 2.78 bits per heavy atom. The first-order valence-electron chi connectivity index (χ1n) is 8.24. The summed E-state index contributed by atoms with van der Waals surface area (Å²) in [5.41, 5.74) is 1.84. The Morgan fingerprint density at radius 1 is 1.43 bits per heavy atom. The largest absolute Gasteiger partial charge is 0.385 e. The summed E-state index contributed by atoms with van der Waals surface area (Å²) in [6, 6.07) is 4.61. The van der Waals surface area contributed by atoms with Crippen LogP contribution in [0.15, 0.2) is 12.3 Å². The van der Waals surface area contributed by atoms with Crippen LogP contribution >= 0.6 is 0 Å². The summed E-state index contributed by atoms with van der Waals surface area (Å²) in [5, 5.41) is 22.1. The summed E-state index contributed by atoms with van der Waals surface area (Å²) >= 11 is 0. The van der Waals surface area contributed by atoms with Gasteiger partial charge >= 0.3 is 0 Å². The number of aliphatic hydroxyl groups excluding tert-OH is 1. The monoisotopic (exact) mass is 313 g/mol. The molecule has 0 aliphatic heterocycles. The Balaban J connectivity index is 1.98. The third-order valence-electron chi connectivity index (χ3n) is 4.79. The summed E-state index contributed by atoms with van der Waals surface area (Å²) in [6.45, 7) is 1.76. The van der Waals surface area contributed by atoms with Crippen LogP contribution < -0.4 is 5.32 Å². The molecular weight excluding hydrogens is 290 g/mol. The molecular formula is C17H23N5O. The summed E-state index contributed by atoms with van der Waals surface area (Å²) < 4.78 is 2.19. The Hall–Kier alpha value is -2.13. The van der Waals surface area contributed by atoms with Gasteiger partial charge in [0, 0.05) is 25.6 Å². The van der Waals surface area contributed by atoms with Gasteiger partial charge in [0.25, 0.3) is 0 Å². The van der Waals surface area contributed by atoms with Crippen molar-refractivity contribution in [2.45, 2.75) is 51.2 Å². The number of imidazole rings is 1. The molecule has 0 aromatic carbocycles. The van der Waals surface area contributed by atoms with Gasteiger partial charge in [0.1, 0.15) is 23.3 Å². The summed E-state index contributed by atoms with van der Waals surface area (Å²) in [4.78, 5) is 8.90. The molecule has 0 radical (unpaired) electrons. The van der Waals surface area contributed by atoms with E-state index in [-0.39, 0.29) is 0 Å². The lowest BCUT2D eigenvalue weighted by molar-refractivity contribution is 0.175. The normalized spacial score (nSPS) is 22.7. The number of anilines is 1. The zero-order chi connectivity index (χ0) is 16.4. The predicted molar refractivity (Wildman–Crippen MR) is 88.9 cm³/mol. The van der Waals surface area contributed by atoms with Crippen molar-refractivity contribution in [1.29, 1.82) is 5.26 Å². The minimum atomic E-state index is -0.614. The van der Waals surface area contributed by atoms with E-state index in [0.29, 0.717) is 24.2 Å². The van der Waals surface area contributed by atoms with E-state index in [0.717, 1.165) is 42.5 Å². The number of nitriles is 1. The zero-order valence-corrected chi connectivity index (χ0v) is 13.7. The van der Waals surface area contributed by atoms with Gasteiger partial charge in [0.05, 0.1) is 17.8 Å². The molecule has 1 atom stereocenters. The third kappa shape index (κ3) is 3.02. The third-order valence-corrected chi connectivity index (χ3v) is 4.79. The van der Waals surface area contributed by atoms with Gasteiger partial charge in [0.2, 0.25) is 0 Å². The lowest BCUT2D eigenvalue weighted by Crippen LogP contribution is -2.20. The Labute approximate surface area is 136 Å². The Kier molecular flexibility index (Phi) is 4.49. The molecule has 122 valence electrons. The first-order valence-corrected chi connectivity index (χ1v) is 8.24. The highest BCUT2D eigenvalue weighted by atomic mass is 16.3. The quantitative estimate of drug-likeness (QED) is 0.905. The van der Waals surface area contributed by atoms with Crippen LogP contribution in [0.25, 0.3) is 11.0 Å². The van der Waals surface area contributed by atoms with Crippen LogP contribution in [-0.2, 0) is 0 Å². The van der Waals surface area contributed by atoms with Crippen LogP contribution in [0.1, 0.15) is 57.0 Å². The lowest BCUT2D eigenvalue weighted by Gasteiger charge is -2.30. The summed E-state index contributed by atoms with van der Waals surface area (Å²) in [6.07, 6.45) is 5.95. The van der Waals surface area contributed by atoms with Gasteiger partial charge in [-0.25, -0.2) is 9.97 Å². The molecule has 2 aromatic rings. The van der Waals surface area contributed by atoms with Crippen molar-refractivity contribution in [2.24, 2.45) is 5.92 Å².